The van der Waals surface area contributed by atoms with Gasteiger partial charge < -0.3 is 0 Å². The Morgan fingerprint density at radius 2 is 1.00 bits per heavy atom. The van der Waals surface area contributed by atoms with Crippen LogP contribution >= 0.6 is 11.3 Å². The van der Waals surface area contributed by atoms with Crippen molar-refractivity contribution in [2.75, 3.05) is 0 Å². The van der Waals surface area contributed by atoms with Crippen molar-refractivity contribution in [1.82, 2.24) is 0 Å². The Morgan fingerprint density at radius 3 is 1.28 bits per heavy atom. The highest BCUT2D eigenvalue weighted by atomic mass is 32.1. The molecule has 18 heavy (non-hydrogen) atoms. The van der Waals surface area contributed by atoms with Crippen molar-refractivity contribution in [3.63, 3.8) is 0 Å². The third kappa shape index (κ3) is 2.99. The van der Waals surface area contributed by atoms with Crippen molar-refractivity contribution in [3.05, 3.63) is 20.9 Å². The lowest BCUT2D eigenvalue weighted by Gasteiger charge is -2.31. The SMILES string of the molecule is Cc1sc(C(C)(C)C)c(C(C)(C)C)c1C(C)(C)C. The van der Waals surface area contributed by atoms with Crippen LogP contribution in [0.1, 0.15) is 83.2 Å². The average molecular weight is 266 g/mol. The van der Waals surface area contributed by atoms with E-state index in [-0.39, 0.29) is 16.2 Å². The first-order valence-electron chi connectivity index (χ1n) is 6.91. The summed E-state index contributed by atoms with van der Waals surface area (Å²) in [5.74, 6) is 0. The van der Waals surface area contributed by atoms with E-state index >= 15 is 0 Å². The Labute approximate surface area is 118 Å². The van der Waals surface area contributed by atoms with Crippen molar-refractivity contribution < 1.29 is 0 Å². The quantitative estimate of drug-likeness (QED) is 0.544. The van der Waals surface area contributed by atoms with Crippen LogP contribution in [0.15, 0.2) is 0 Å². The molecule has 0 spiro atoms. The summed E-state index contributed by atoms with van der Waals surface area (Å²) in [5, 5.41) is 0. The largest absolute Gasteiger partial charge is 0.145 e. The minimum absolute atomic E-state index is 0.218. The van der Waals surface area contributed by atoms with E-state index < -0.39 is 0 Å². The smallest absolute Gasteiger partial charge is 0.0142 e. The summed E-state index contributed by atoms with van der Waals surface area (Å²) in [6, 6.07) is 0. The van der Waals surface area contributed by atoms with E-state index in [4.69, 9.17) is 0 Å². The molecule has 104 valence electrons. The van der Waals surface area contributed by atoms with Gasteiger partial charge in [0.25, 0.3) is 0 Å². The molecule has 0 saturated heterocycles. The van der Waals surface area contributed by atoms with Crippen LogP contribution in [0.3, 0.4) is 0 Å². The molecular formula is C17H30S. The van der Waals surface area contributed by atoms with Gasteiger partial charge in [0, 0.05) is 9.75 Å². The minimum Gasteiger partial charge on any atom is -0.145 e. The van der Waals surface area contributed by atoms with Crippen LogP contribution in [0, 0.1) is 6.92 Å². The molecule has 0 N–H and O–H groups in total. The van der Waals surface area contributed by atoms with E-state index in [2.05, 4.69) is 69.2 Å². The third-order valence-electron chi connectivity index (χ3n) is 3.27. The van der Waals surface area contributed by atoms with Gasteiger partial charge in [-0.05, 0) is 34.3 Å². The highest BCUT2D eigenvalue weighted by Crippen LogP contribution is 2.46. The van der Waals surface area contributed by atoms with Crippen LogP contribution in [0.4, 0.5) is 0 Å². The van der Waals surface area contributed by atoms with Crippen LogP contribution < -0.4 is 0 Å². The lowest BCUT2D eigenvalue weighted by atomic mass is 9.72. The molecule has 0 unspecified atom stereocenters. The van der Waals surface area contributed by atoms with Crippen LogP contribution in [-0.2, 0) is 16.2 Å². The Kier molecular flexibility index (Phi) is 3.82. The summed E-state index contributed by atoms with van der Waals surface area (Å²) in [7, 11) is 0. The zero-order chi connectivity index (χ0) is 14.5. The van der Waals surface area contributed by atoms with E-state index in [1.165, 1.54) is 4.88 Å². The van der Waals surface area contributed by atoms with E-state index in [1.54, 1.807) is 16.0 Å². The van der Waals surface area contributed by atoms with E-state index in [1.807, 2.05) is 11.3 Å². The highest BCUT2D eigenvalue weighted by molar-refractivity contribution is 7.12. The molecule has 0 amide bonds. The van der Waals surface area contributed by atoms with Crippen LogP contribution in [0.25, 0.3) is 0 Å². The van der Waals surface area contributed by atoms with Gasteiger partial charge in [-0.1, -0.05) is 62.3 Å². The molecule has 0 fully saturated rings. The third-order valence-corrected chi connectivity index (χ3v) is 4.80. The zero-order valence-electron chi connectivity index (χ0n) is 13.9. The molecule has 0 radical (unpaired) electrons. The van der Waals surface area contributed by atoms with Crippen molar-refractivity contribution in [2.24, 2.45) is 0 Å². The molecule has 0 aromatic carbocycles. The first-order valence-corrected chi connectivity index (χ1v) is 7.72. The molecule has 1 aromatic rings. The van der Waals surface area contributed by atoms with E-state index in [0.29, 0.717) is 0 Å². The van der Waals surface area contributed by atoms with Crippen LogP contribution in [-0.4, -0.2) is 0 Å². The molecule has 0 aliphatic heterocycles. The normalized spacial score (nSPS) is 14.1. The number of thiophene rings is 1. The fourth-order valence-electron chi connectivity index (χ4n) is 2.69. The summed E-state index contributed by atoms with van der Waals surface area (Å²) >= 11 is 2.00. The molecular weight excluding hydrogens is 236 g/mol. The second-order valence-electron chi connectivity index (χ2n) is 8.49. The maximum atomic E-state index is 2.35. The molecule has 0 saturated carbocycles. The maximum absolute atomic E-state index is 2.35. The average Bonchev–Trinajstić information content (AvgIpc) is 2.39. The number of hydrogen-bond acceptors (Lipinski definition) is 1. The molecule has 0 aliphatic carbocycles. The first-order chi connectivity index (χ1) is 7.76. The Balaban J connectivity index is 3.70. The first kappa shape index (κ1) is 15.8. The minimum atomic E-state index is 0.218. The van der Waals surface area contributed by atoms with E-state index in [0.717, 1.165) is 0 Å². The summed E-state index contributed by atoms with van der Waals surface area (Å²) < 4.78 is 0. The van der Waals surface area contributed by atoms with Crippen molar-refractivity contribution in [2.45, 2.75) is 85.5 Å². The summed E-state index contributed by atoms with van der Waals surface area (Å²) in [6.45, 7) is 23.3. The number of aryl methyl sites for hydroxylation is 1. The van der Waals surface area contributed by atoms with Crippen molar-refractivity contribution >= 4 is 11.3 Å². The van der Waals surface area contributed by atoms with E-state index in [9.17, 15) is 0 Å². The zero-order valence-corrected chi connectivity index (χ0v) is 14.7. The Hall–Kier alpha value is -0.300. The Morgan fingerprint density at radius 1 is 0.611 bits per heavy atom. The number of rotatable bonds is 0. The van der Waals surface area contributed by atoms with Gasteiger partial charge in [-0.3, -0.25) is 0 Å². The van der Waals surface area contributed by atoms with Crippen molar-refractivity contribution in [3.8, 4) is 0 Å². The van der Waals surface area contributed by atoms with Gasteiger partial charge in [-0.2, -0.15) is 0 Å². The standard InChI is InChI=1S/C17H30S/c1-11-12(15(2,3)4)13(16(5,6)7)14(18-11)17(8,9)10/h1-10H3. The molecule has 1 rings (SSSR count). The maximum Gasteiger partial charge on any atom is 0.0142 e. The van der Waals surface area contributed by atoms with Gasteiger partial charge in [0.2, 0.25) is 0 Å². The molecule has 0 bridgehead atoms. The molecule has 0 nitrogen and oxygen atoms in total. The van der Waals surface area contributed by atoms with Gasteiger partial charge in [-0.15, -0.1) is 11.3 Å². The lowest BCUT2D eigenvalue weighted by Crippen LogP contribution is -2.25. The summed E-state index contributed by atoms with van der Waals surface area (Å²) in [6.07, 6.45) is 0. The fraction of sp³-hybridized carbons (Fsp3) is 0.765. The summed E-state index contributed by atoms with van der Waals surface area (Å²) in [4.78, 5) is 3.06. The van der Waals surface area contributed by atoms with Crippen LogP contribution in [0.2, 0.25) is 0 Å². The lowest BCUT2D eigenvalue weighted by molar-refractivity contribution is 0.507. The number of hydrogen-bond donors (Lipinski definition) is 0. The molecule has 1 heterocycles. The van der Waals surface area contributed by atoms with Crippen molar-refractivity contribution in [1.29, 1.82) is 0 Å². The van der Waals surface area contributed by atoms with Gasteiger partial charge in [0.1, 0.15) is 0 Å². The second kappa shape index (κ2) is 4.37. The van der Waals surface area contributed by atoms with Gasteiger partial charge in [0.05, 0.1) is 0 Å². The monoisotopic (exact) mass is 266 g/mol. The van der Waals surface area contributed by atoms with Gasteiger partial charge >= 0.3 is 0 Å². The predicted molar refractivity (Wildman–Crippen MR) is 85.2 cm³/mol. The molecule has 0 atom stereocenters. The highest BCUT2D eigenvalue weighted by Gasteiger charge is 2.35. The van der Waals surface area contributed by atoms with Gasteiger partial charge in [-0.25, -0.2) is 0 Å². The fourth-order valence-corrected chi connectivity index (χ4v) is 4.32. The topological polar surface area (TPSA) is 0 Å². The molecule has 1 heteroatoms. The molecule has 0 aliphatic rings. The van der Waals surface area contributed by atoms with Gasteiger partial charge in [0.15, 0.2) is 0 Å². The Bertz CT molecular complexity index is 428. The predicted octanol–water partition coefficient (Wildman–Crippen LogP) is 5.95. The summed E-state index contributed by atoms with van der Waals surface area (Å²) in [5.41, 5.74) is 3.85. The second-order valence-corrected chi connectivity index (χ2v) is 9.71. The molecule has 1 aromatic heterocycles. The van der Waals surface area contributed by atoms with Crippen LogP contribution in [0.5, 0.6) is 0 Å².